The Morgan fingerprint density at radius 1 is 0.525 bits per heavy atom. The number of rotatable bonds is 3. The Morgan fingerprint density at radius 3 is 2.08 bits per heavy atom. The SMILES string of the molecule is C1=Cc2ccc3c(c2Sc2ccccc21)c1ccccc1n3-c1cc(-c2ccccc2)cc(-c2ccccc2)n1. The van der Waals surface area contributed by atoms with Crippen LogP contribution in [-0.4, -0.2) is 9.55 Å². The van der Waals surface area contributed by atoms with Crippen LogP contribution in [0.1, 0.15) is 11.1 Å². The average molecular weight is 529 g/mol. The summed E-state index contributed by atoms with van der Waals surface area (Å²) < 4.78 is 2.34. The zero-order chi connectivity index (χ0) is 26.5. The maximum absolute atomic E-state index is 5.28. The van der Waals surface area contributed by atoms with E-state index in [1.54, 1.807) is 0 Å². The summed E-state index contributed by atoms with van der Waals surface area (Å²) in [5.74, 6) is 0.918. The van der Waals surface area contributed by atoms with Gasteiger partial charge in [0.05, 0.1) is 16.7 Å². The summed E-state index contributed by atoms with van der Waals surface area (Å²) in [6.07, 6.45) is 4.48. The maximum atomic E-state index is 5.28. The highest BCUT2D eigenvalue weighted by Gasteiger charge is 2.21. The first-order valence-electron chi connectivity index (χ1n) is 13.5. The molecule has 0 saturated heterocycles. The van der Waals surface area contributed by atoms with Crippen LogP contribution in [0, 0.1) is 0 Å². The van der Waals surface area contributed by atoms with E-state index in [1.165, 1.54) is 37.3 Å². The second kappa shape index (κ2) is 9.41. The number of nitrogens with zero attached hydrogens (tertiary/aromatic N) is 2. The second-order valence-corrected chi connectivity index (χ2v) is 11.1. The molecular formula is C37H24N2S. The molecule has 0 bridgehead atoms. The van der Waals surface area contributed by atoms with Crippen molar-refractivity contribution in [2.75, 3.05) is 0 Å². The number of benzene rings is 5. The lowest BCUT2D eigenvalue weighted by Crippen LogP contribution is -2.00. The van der Waals surface area contributed by atoms with E-state index in [9.17, 15) is 0 Å². The van der Waals surface area contributed by atoms with E-state index in [2.05, 4.69) is 144 Å². The van der Waals surface area contributed by atoms with Gasteiger partial charge < -0.3 is 0 Å². The van der Waals surface area contributed by atoms with Gasteiger partial charge in [-0.25, -0.2) is 4.98 Å². The van der Waals surface area contributed by atoms with Crippen molar-refractivity contribution in [3.05, 3.63) is 145 Å². The van der Waals surface area contributed by atoms with Gasteiger partial charge in [0.2, 0.25) is 0 Å². The molecule has 2 nitrogen and oxygen atoms in total. The lowest BCUT2D eigenvalue weighted by atomic mass is 10.0. The smallest absolute Gasteiger partial charge is 0.138 e. The van der Waals surface area contributed by atoms with Gasteiger partial charge in [-0.3, -0.25) is 4.57 Å². The molecule has 40 heavy (non-hydrogen) atoms. The van der Waals surface area contributed by atoms with E-state index in [0.717, 1.165) is 33.7 Å². The van der Waals surface area contributed by atoms with Crippen LogP contribution in [0.3, 0.4) is 0 Å². The molecule has 5 aromatic carbocycles. The average Bonchev–Trinajstić information content (AvgIpc) is 3.24. The Bertz CT molecular complexity index is 2010. The van der Waals surface area contributed by atoms with E-state index in [1.807, 2.05) is 17.8 Å². The molecule has 0 aliphatic carbocycles. The fraction of sp³-hybridized carbons (Fsp3) is 0. The highest BCUT2D eigenvalue weighted by Crippen LogP contribution is 2.45. The highest BCUT2D eigenvalue weighted by atomic mass is 32.2. The Kier molecular flexibility index (Phi) is 5.42. The topological polar surface area (TPSA) is 17.8 Å². The van der Waals surface area contributed by atoms with E-state index < -0.39 is 0 Å². The van der Waals surface area contributed by atoms with Crippen LogP contribution < -0.4 is 0 Å². The first kappa shape index (κ1) is 23.1. The van der Waals surface area contributed by atoms with Crippen LogP contribution in [0.15, 0.2) is 143 Å². The van der Waals surface area contributed by atoms with Crippen molar-refractivity contribution in [3.63, 3.8) is 0 Å². The first-order valence-corrected chi connectivity index (χ1v) is 14.3. The lowest BCUT2D eigenvalue weighted by molar-refractivity contribution is 1.08. The molecule has 8 rings (SSSR count). The minimum atomic E-state index is 0.918. The third kappa shape index (κ3) is 3.78. The molecule has 7 aromatic rings. The third-order valence-corrected chi connectivity index (χ3v) is 8.85. The summed E-state index contributed by atoms with van der Waals surface area (Å²) in [5, 5.41) is 2.51. The number of aromatic nitrogens is 2. The third-order valence-electron chi connectivity index (χ3n) is 7.61. The fourth-order valence-corrected chi connectivity index (χ4v) is 6.91. The lowest BCUT2D eigenvalue weighted by Gasteiger charge is -2.13. The van der Waals surface area contributed by atoms with Gasteiger partial charge in [-0.2, -0.15) is 0 Å². The van der Waals surface area contributed by atoms with Crippen LogP contribution in [0.5, 0.6) is 0 Å². The second-order valence-electron chi connectivity index (χ2n) is 10.0. The van der Waals surface area contributed by atoms with Crippen molar-refractivity contribution in [2.24, 2.45) is 0 Å². The van der Waals surface area contributed by atoms with E-state index in [4.69, 9.17) is 4.98 Å². The molecule has 2 aromatic heterocycles. The number of hydrogen-bond acceptors (Lipinski definition) is 2. The Hall–Kier alpha value is -4.86. The molecule has 1 aliphatic heterocycles. The van der Waals surface area contributed by atoms with E-state index >= 15 is 0 Å². The molecule has 0 unspecified atom stereocenters. The number of para-hydroxylation sites is 1. The van der Waals surface area contributed by atoms with Gasteiger partial charge >= 0.3 is 0 Å². The zero-order valence-electron chi connectivity index (χ0n) is 21.7. The van der Waals surface area contributed by atoms with Gasteiger partial charge in [-0.15, -0.1) is 0 Å². The van der Waals surface area contributed by atoms with E-state index in [0.29, 0.717) is 0 Å². The quantitative estimate of drug-likeness (QED) is 0.227. The minimum Gasteiger partial charge on any atom is -0.294 e. The maximum Gasteiger partial charge on any atom is 0.138 e. The number of fused-ring (bicyclic) bond motifs is 6. The summed E-state index contributed by atoms with van der Waals surface area (Å²) >= 11 is 1.86. The van der Waals surface area contributed by atoms with Crippen molar-refractivity contribution < 1.29 is 0 Å². The molecule has 188 valence electrons. The van der Waals surface area contributed by atoms with Crippen LogP contribution in [0.25, 0.3) is 62.2 Å². The fourth-order valence-electron chi connectivity index (χ4n) is 5.72. The van der Waals surface area contributed by atoms with Gasteiger partial charge in [0.1, 0.15) is 5.82 Å². The molecule has 0 saturated carbocycles. The molecule has 3 heteroatoms. The summed E-state index contributed by atoms with van der Waals surface area (Å²) in [6.45, 7) is 0. The molecular weight excluding hydrogens is 504 g/mol. The standard InChI is InChI=1S/C37H24N2S/c1-3-11-25(12-4-1)29-23-31(26-13-5-2-6-14-26)38-35(24-29)39-32-17-9-8-16-30(32)36-33(39)22-21-28-20-19-27-15-7-10-18-34(27)40-37(28)36/h1-24H. The molecule has 0 atom stereocenters. The Labute approximate surface area is 237 Å². The Morgan fingerprint density at radius 2 is 1.23 bits per heavy atom. The first-order chi connectivity index (χ1) is 19.8. The predicted octanol–water partition coefficient (Wildman–Crippen LogP) is 10.1. The number of hydrogen-bond donors (Lipinski definition) is 0. The summed E-state index contributed by atoms with van der Waals surface area (Å²) in [5.41, 5.74) is 9.21. The summed E-state index contributed by atoms with van der Waals surface area (Å²) in [6, 6.07) is 47.3. The predicted molar refractivity (Wildman–Crippen MR) is 169 cm³/mol. The number of pyridine rings is 1. The van der Waals surface area contributed by atoms with Crippen molar-refractivity contribution in [3.8, 4) is 28.2 Å². The molecule has 3 heterocycles. The largest absolute Gasteiger partial charge is 0.294 e. The minimum absolute atomic E-state index is 0.918. The Balaban J connectivity index is 1.43. The highest BCUT2D eigenvalue weighted by molar-refractivity contribution is 7.99. The molecule has 0 spiro atoms. The zero-order valence-corrected chi connectivity index (χ0v) is 22.5. The molecule has 0 amide bonds. The van der Waals surface area contributed by atoms with Gasteiger partial charge in [0, 0.05) is 26.1 Å². The van der Waals surface area contributed by atoms with Crippen LogP contribution >= 0.6 is 11.8 Å². The molecule has 0 fully saturated rings. The van der Waals surface area contributed by atoms with Crippen molar-refractivity contribution >= 4 is 45.7 Å². The summed E-state index contributed by atoms with van der Waals surface area (Å²) in [7, 11) is 0. The van der Waals surface area contributed by atoms with Crippen LogP contribution in [0.4, 0.5) is 0 Å². The van der Waals surface area contributed by atoms with Gasteiger partial charge in [0.15, 0.2) is 0 Å². The molecule has 0 N–H and O–H groups in total. The van der Waals surface area contributed by atoms with Crippen LogP contribution in [-0.2, 0) is 0 Å². The van der Waals surface area contributed by atoms with Gasteiger partial charge in [-0.1, -0.05) is 127 Å². The van der Waals surface area contributed by atoms with Crippen LogP contribution in [0.2, 0.25) is 0 Å². The normalized spacial score (nSPS) is 12.3. The van der Waals surface area contributed by atoms with Crippen molar-refractivity contribution in [1.29, 1.82) is 0 Å². The molecule has 1 aliphatic rings. The molecule has 0 radical (unpaired) electrons. The van der Waals surface area contributed by atoms with Crippen molar-refractivity contribution in [2.45, 2.75) is 9.79 Å². The van der Waals surface area contributed by atoms with Gasteiger partial charge in [0.25, 0.3) is 0 Å². The van der Waals surface area contributed by atoms with E-state index in [-0.39, 0.29) is 0 Å². The summed E-state index contributed by atoms with van der Waals surface area (Å²) in [4.78, 5) is 7.84. The monoisotopic (exact) mass is 528 g/mol. The van der Waals surface area contributed by atoms with Crippen molar-refractivity contribution in [1.82, 2.24) is 9.55 Å². The van der Waals surface area contributed by atoms with Gasteiger partial charge in [-0.05, 0) is 52.6 Å².